The summed E-state index contributed by atoms with van der Waals surface area (Å²) in [6.45, 7) is 0.380. The lowest BCUT2D eigenvalue weighted by atomic mass is 10.0. The average molecular weight is 415 g/mol. The maximum Gasteiger partial charge on any atom is 0.213 e. The van der Waals surface area contributed by atoms with Gasteiger partial charge in [-0.15, -0.1) is 0 Å². The van der Waals surface area contributed by atoms with E-state index >= 15 is 0 Å². The van der Waals surface area contributed by atoms with Crippen molar-refractivity contribution in [3.8, 4) is 17.0 Å². The fourth-order valence-corrected chi connectivity index (χ4v) is 3.78. The molecule has 8 heteroatoms. The van der Waals surface area contributed by atoms with Crippen LogP contribution in [0.4, 0.5) is 10.1 Å². The zero-order valence-corrected chi connectivity index (χ0v) is 16.4. The molecule has 1 aromatic heterocycles. The number of benzene rings is 2. The van der Waals surface area contributed by atoms with Crippen LogP contribution in [-0.2, 0) is 6.54 Å². The third-order valence-corrected chi connectivity index (χ3v) is 5.40. The highest BCUT2D eigenvalue weighted by Gasteiger charge is 2.20. The number of hydrogen-bond acceptors (Lipinski definition) is 4. The molecule has 142 valence electrons. The molecule has 0 unspecified atom stereocenters. The largest absolute Gasteiger partial charge is 0.481 e. The Labute approximate surface area is 171 Å². The Morgan fingerprint density at radius 2 is 1.89 bits per heavy atom. The maximum atomic E-state index is 13.9. The van der Waals surface area contributed by atoms with Gasteiger partial charge in [-0.25, -0.2) is 14.4 Å². The number of anilines is 1. The van der Waals surface area contributed by atoms with Crippen molar-refractivity contribution < 1.29 is 9.13 Å². The number of rotatable bonds is 4. The van der Waals surface area contributed by atoms with E-state index in [1.165, 1.54) is 18.0 Å². The molecular formula is C20H16ClFN4OS. The molecule has 0 bridgehead atoms. The van der Waals surface area contributed by atoms with Gasteiger partial charge in [0.2, 0.25) is 11.8 Å². The lowest BCUT2D eigenvalue weighted by molar-refractivity contribution is 0.396. The van der Waals surface area contributed by atoms with E-state index in [1.54, 1.807) is 25.3 Å². The highest BCUT2D eigenvalue weighted by molar-refractivity contribution is 7.98. The quantitative estimate of drug-likeness (QED) is 0.580. The first-order valence-electron chi connectivity index (χ1n) is 8.47. The summed E-state index contributed by atoms with van der Waals surface area (Å²) in [6.07, 6.45) is 0. The fraction of sp³-hybridized carbons (Fsp3) is 0.100. The minimum Gasteiger partial charge on any atom is -0.481 e. The van der Waals surface area contributed by atoms with E-state index in [-0.39, 0.29) is 5.02 Å². The van der Waals surface area contributed by atoms with Crippen molar-refractivity contribution in [2.24, 2.45) is 4.99 Å². The molecule has 2 aromatic carbocycles. The van der Waals surface area contributed by atoms with Crippen molar-refractivity contribution in [1.29, 1.82) is 0 Å². The summed E-state index contributed by atoms with van der Waals surface area (Å²) in [5.74, 6) is 0.684. The molecule has 0 amide bonds. The van der Waals surface area contributed by atoms with Crippen molar-refractivity contribution >= 4 is 35.2 Å². The fourth-order valence-electron chi connectivity index (χ4n) is 2.82. The van der Waals surface area contributed by atoms with E-state index in [0.29, 0.717) is 23.9 Å². The van der Waals surface area contributed by atoms with Gasteiger partial charge in [-0.05, 0) is 30.1 Å². The topological polar surface area (TPSA) is 58.5 Å². The molecule has 1 aliphatic heterocycles. The van der Waals surface area contributed by atoms with Gasteiger partial charge in [-0.2, -0.15) is 0 Å². The second kappa shape index (κ2) is 8.08. The van der Waals surface area contributed by atoms with Crippen molar-refractivity contribution in [3.05, 3.63) is 71.1 Å². The second-order valence-corrected chi connectivity index (χ2v) is 7.17. The first kappa shape index (κ1) is 18.6. The minimum absolute atomic E-state index is 0.0975. The Morgan fingerprint density at radius 1 is 1.11 bits per heavy atom. The van der Waals surface area contributed by atoms with Gasteiger partial charge >= 0.3 is 0 Å². The van der Waals surface area contributed by atoms with Gasteiger partial charge in [0.05, 0.1) is 35.0 Å². The molecule has 1 aliphatic rings. The summed E-state index contributed by atoms with van der Waals surface area (Å²) in [4.78, 5) is 9.88. The van der Waals surface area contributed by atoms with Crippen LogP contribution >= 0.6 is 23.5 Å². The number of para-hydroxylation sites is 1. The molecule has 28 heavy (non-hydrogen) atoms. The highest BCUT2D eigenvalue weighted by atomic mass is 35.5. The predicted octanol–water partition coefficient (Wildman–Crippen LogP) is 5.13. The van der Waals surface area contributed by atoms with Crippen LogP contribution in [0, 0.1) is 5.82 Å². The van der Waals surface area contributed by atoms with Gasteiger partial charge in [0.1, 0.15) is 5.82 Å². The van der Waals surface area contributed by atoms with Crippen molar-refractivity contribution in [1.82, 2.24) is 9.71 Å². The van der Waals surface area contributed by atoms with Gasteiger partial charge in [-0.3, -0.25) is 4.72 Å². The van der Waals surface area contributed by atoms with Crippen LogP contribution in [0.25, 0.3) is 11.1 Å². The molecule has 0 spiro atoms. The summed E-state index contributed by atoms with van der Waals surface area (Å²) in [6, 6.07) is 16.1. The number of hydrogen-bond donors (Lipinski definition) is 2. The molecule has 0 saturated heterocycles. The highest BCUT2D eigenvalue weighted by Crippen LogP contribution is 2.40. The van der Waals surface area contributed by atoms with Crippen LogP contribution < -0.4 is 14.8 Å². The number of fused-ring (bicyclic) bond motifs is 1. The van der Waals surface area contributed by atoms with Crippen LogP contribution in [-0.4, -0.2) is 18.1 Å². The van der Waals surface area contributed by atoms with Crippen LogP contribution in [0.15, 0.2) is 64.5 Å². The minimum atomic E-state index is -0.448. The molecular weight excluding hydrogens is 399 g/mol. The maximum absolute atomic E-state index is 13.9. The Bertz CT molecular complexity index is 1060. The molecule has 5 nitrogen and oxygen atoms in total. The monoisotopic (exact) mass is 414 g/mol. The summed E-state index contributed by atoms with van der Waals surface area (Å²) >= 11 is 7.63. The molecule has 0 atom stereocenters. The first-order valence-corrected chi connectivity index (χ1v) is 9.67. The third kappa shape index (κ3) is 3.76. The third-order valence-electron chi connectivity index (χ3n) is 4.16. The molecule has 0 radical (unpaired) electrons. The zero-order chi connectivity index (χ0) is 19.5. The van der Waals surface area contributed by atoms with Crippen LogP contribution in [0.1, 0.15) is 5.69 Å². The zero-order valence-electron chi connectivity index (χ0n) is 14.9. The number of nitrogens with one attached hydrogen (secondary N) is 2. The standard InChI is InChI=1S/C20H16ClFN4OS/c1-27-17-10-2-5-12(24-17)11-23-20-25-19-14(7-4-9-16(19)28-26-20)13-6-3-8-15(22)18(13)21/h2-10H,11H2,1H3,(H2,23,25,26). The number of guanidine groups is 1. The summed E-state index contributed by atoms with van der Waals surface area (Å²) in [7, 11) is 1.58. The van der Waals surface area contributed by atoms with Gasteiger partial charge in [0.25, 0.3) is 0 Å². The number of aliphatic imine (C=N–C) groups is 1. The molecule has 0 saturated carbocycles. The first-order chi connectivity index (χ1) is 13.7. The molecule has 2 heterocycles. The number of halogens is 2. The van der Waals surface area contributed by atoms with Crippen LogP contribution in [0.3, 0.4) is 0 Å². The van der Waals surface area contributed by atoms with E-state index in [9.17, 15) is 4.39 Å². The van der Waals surface area contributed by atoms with Crippen LogP contribution in [0.5, 0.6) is 5.88 Å². The smallest absolute Gasteiger partial charge is 0.213 e. The van der Waals surface area contributed by atoms with Crippen molar-refractivity contribution in [2.75, 3.05) is 12.4 Å². The summed E-state index contributed by atoms with van der Waals surface area (Å²) in [5, 5.41) is 3.39. The predicted molar refractivity (Wildman–Crippen MR) is 111 cm³/mol. The SMILES string of the molecule is COc1cccc(CN=C2NSc3cccc(-c4cccc(F)c4Cl)c3N2)n1. The molecule has 0 aliphatic carbocycles. The summed E-state index contributed by atoms with van der Waals surface area (Å²) < 4.78 is 22.2. The normalized spacial score (nSPS) is 14.2. The molecule has 3 aromatic rings. The van der Waals surface area contributed by atoms with Crippen LogP contribution in [0.2, 0.25) is 5.02 Å². The van der Waals surface area contributed by atoms with Gasteiger partial charge < -0.3 is 10.1 Å². The van der Waals surface area contributed by atoms with Crippen molar-refractivity contribution in [2.45, 2.75) is 11.4 Å². The lowest BCUT2D eigenvalue weighted by Gasteiger charge is -2.23. The summed E-state index contributed by atoms with van der Waals surface area (Å²) in [5.41, 5.74) is 3.05. The van der Waals surface area contributed by atoms with E-state index in [0.717, 1.165) is 21.8 Å². The average Bonchev–Trinajstić information content (AvgIpc) is 2.74. The van der Waals surface area contributed by atoms with E-state index in [1.807, 2.05) is 30.3 Å². The van der Waals surface area contributed by atoms with Gasteiger partial charge in [-0.1, -0.05) is 41.9 Å². The van der Waals surface area contributed by atoms with Gasteiger partial charge in [0, 0.05) is 17.2 Å². The molecule has 2 N–H and O–H groups in total. The Morgan fingerprint density at radius 3 is 2.75 bits per heavy atom. The molecule has 4 rings (SSSR count). The molecule has 0 fully saturated rings. The second-order valence-electron chi connectivity index (χ2n) is 5.95. The number of ether oxygens (including phenoxy) is 1. The van der Waals surface area contributed by atoms with E-state index in [4.69, 9.17) is 16.3 Å². The number of pyridine rings is 1. The Hall–Kier alpha value is -2.77. The Balaban J connectivity index is 1.63. The van der Waals surface area contributed by atoms with E-state index < -0.39 is 5.82 Å². The van der Waals surface area contributed by atoms with Gasteiger partial charge in [0.15, 0.2) is 0 Å². The van der Waals surface area contributed by atoms with E-state index in [2.05, 4.69) is 20.0 Å². The number of aromatic nitrogens is 1. The lowest BCUT2D eigenvalue weighted by Crippen LogP contribution is -2.29. The Kier molecular flexibility index (Phi) is 5.36. The number of nitrogens with zero attached hydrogens (tertiary/aromatic N) is 2. The number of methoxy groups -OCH3 is 1. The van der Waals surface area contributed by atoms with Crippen molar-refractivity contribution in [3.63, 3.8) is 0 Å².